The van der Waals surface area contributed by atoms with Crippen molar-refractivity contribution in [3.8, 4) is 28.3 Å². The molecule has 1 amide bonds. The van der Waals surface area contributed by atoms with Crippen molar-refractivity contribution in [1.29, 1.82) is 0 Å². The summed E-state index contributed by atoms with van der Waals surface area (Å²) in [4.78, 5) is 24.8. The summed E-state index contributed by atoms with van der Waals surface area (Å²) in [6.07, 6.45) is 0.837. The van der Waals surface area contributed by atoms with Gasteiger partial charge >= 0.3 is 0 Å². The fourth-order valence-electron chi connectivity index (χ4n) is 5.59. The highest BCUT2D eigenvalue weighted by molar-refractivity contribution is 6.39. The number of halogens is 3. The van der Waals surface area contributed by atoms with Crippen LogP contribution in [0.25, 0.3) is 22.4 Å². The molecule has 1 saturated heterocycles. The standard InChI is InChI=1S/C32H33Cl2FN6O3/c1-40-13-12-26-25(15-40)37-29(41(26)2)30(42)38-24-9-5-7-21(28(24)34)20-6-4-8-22(27(20)33)23-11-10-19(31(39-23)43-3)14-36-16-32(35)17-44-18-32/h4-11,36H,12-18H2,1-3H3,(H,38,42). The number of amides is 1. The number of rotatable bonds is 9. The van der Waals surface area contributed by atoms with Crippen LogP contribution in [0.1, 0.15) is 27.6 Å². The highest BCUT2D eigenvalue weighted by Crippen LogP contribution is 2.41. The fourth-order valence-corrected chi connectivity index (χ4v) is 6.19. The Morgan fingerprint density at radius 3 is 2.50 bits per heavy atom. The van der Waals surface area contributed by atoms with Gasteiger partial charge in [-0.3, -0.25) is 4.79 Å². The molecule has 0 aliphatic carbocycles. The van der Waals surface area contributed by atoms with Gasteiger partial charge in [0.2, 0.25) is 5.88 Å². The quantitative estimate of drug-likeness (QED) is 0.249. The molecule has 0 atom stereocenters. The van der Waals surface area contributed by atoms with Crippen molar-refractivity contribution >= 4 is 34.8 Å². The van der Waals surface area contributed by atoms with Gasteiger partial charge in [0.1, 0.15) is 0 Å². The molecule has 12 heteroatoms. The third-order valence-corrected chi connectivity index (χ3v) is 8.89. The first-order chi connectivity index (χ1) is 21.2. The van der Waals surface area contributed by atoms with Crippen molar-refractivity contribution in [3.05, 3.63) is 81.4 Å². The Bertz CT molecular complexity index is 1720. The van der Waals surface area contributed by atoms with E-state index in [1.54, 1.807) is 13.2 Å². The monoisotopic (exact) mass is 638 g/mol. The number of anilines is 1. The second-order valence-electron chi connectivity index (χ2n) is 11.3. The molecule has 6 rings (SSSR count). The summed E-state index contributed by atoms with van der Waals surface area (Å²) in [6, 6.07) is 14.8. The number of carbonyl (C=O) groups excluding carboxylic acids is 1. The SMILES string of the molecule is COc1nc(-c2cccc(-c3cccc(NC(=O)c4nc5c(n4C)CCN(C)C5)c3Cl)c2Cl)ccc1CNCC1(F)COC1. The van der Waals surface area contributed by atoms with Gasteiger partial charge < -0.3 is 29.6 Å². The van der Waals surface area contributed by atoms with E-state index in [1.165, 1.54) is 0 Å². The van der Waals surface area contributed by atoms with E-state index < -0.39 is 5.67 Å². The molecule has 230 valence electrons. The predicted molar refractivity (Wildman–Crippen MR) is 169 cm³/mol. The maximum absolute atomic E-state index is 14.3. The van der Waals surface area contributed by atoms with Crippen molar-refractivity contribution in [2.45, 2.75) is 25.2 Å². The molecule has 0 radical (unpaired) electrons. The number of hydrogen-bond acceptors (Lipinski definition) is 7. The van der Waals surface area contributed by atoms with Crippen LogP contribution in [0, 0.1) is 0 Å². The van der Waals surface area contributed by atoms with Gasteiger partial charge in [-0.25, -0.2) is 14.4 Å². The van der Waals surface area contributed by atoms with Crippen LogP contribution in [0.15, 0.2) is 48.5 Å². The van der Waals surface area contributed by atoms with Crippen LogP contribution in [-0.4, -0.2) is 71.5 Å². The second-order valence-corrected chi connectivity index (χ2v) is 12.0. The first-order valence-electron chi connectivity index (χ1n) is 14.3. The van der Waals surface area contributed by atoms with Crippen molar-refractivity contribution in [2.24, 2.45) is 7.05 Å². The maximum atomic E-state index is 14.3. The van der Waals surface area contributed by atoms with E-state index in [4.69, 9.17) is 37.7 Å². The molecular formula is C32H33Cl2FN6O3. The van der Waals surface area contributed by atoms with E-state index in [1.807, 2.05) is 61.1 Å². The number of carbonyl (C=O) groups is 1. The molecule has 44 heavy (non-hydrogen) atoms. The Labute approximate surface area is 265 Å². The molecule has 4 aromatic rings. The van der Waals surface area contributed by atoms with Gasteiger partial charge in [0.15, 0.2) is 11.5 Å². The van der Waals surface area contributed by atoms with E-state index in [2.05, 4.69) is 20.5 Å². The zero-order valence-corrected chi connectivity index (χ0v) is 26.2. The number of alkyl halides is 1. The number of nitrogens with zero attached hydrogens (tertiary/aromatic N) is 4. The van der Waals surface area contributed by atoms with Crippen LogP contribution >= 0.6 is 23.2 Å². The Balaban J connectivity index is 1.24. The van der Waals surface area contributed by atoms with Crippen molar-refractivity contribution < 1.29 is 18.7 Å². The molecule has 0 unspecified atom stereocenters. The lowest BCUT2D eigenvalue weighted by molar-refractivity contribution is -0.127. The molecule has 2 aliphatic rings. The summed E-state index contributed by atoms with van der Waals surface area (Å²) in [5.41, 5.74) is 4.54. The zero-order valence-electron chi connectivity index (χ0n) is 24.7. The minimum atomic E-state index is -1.33. The van der Waals surface area contributed by atoms with Gasteiger partial charge in [-0.1, -0.05) is 59.6 Å². The largest absolute Gasteiger partial charge is 0.481 e. The lowest BCUT2D eigenvalue weighted by atomic mass is 10.00. The van der Waals surface area contributed by atoms with Crippen LogP contribution in [-0.2, 0) is 31.3 Å². The van der Waals surface area contributed by atoms with Gasteiger partial charge in [0.05, 0.1) is 47.4 Å². The molecule has 2 aromatic heterocycles. The normalized spacial score (nSPS) is 15.9. The number of pyridine rings is 1. The molecule has 2 aliphatic heterocycles. The Kier molecular flexibility index (Phi) is 8.63. The van der Waals surface area contributed by atoms with E-state index >= 15 is 0 Å². The number of hydrogen-bond donors (Lipinski definition) is 2. The fraction of sp³-hybridized carbons (Fsp3) is 0.344. The number of methoxy groups -OCH3 is 1. The van der Waals surface area contributed by atoms with Gasteiger partial charge in [-0.05, 0) is 19.2 Å². The topological polar surface area (TPSA) is 93.5 Å². The average molecular weight is 640 g/mol. The highest BCUT2D eigenvalue weighted by atomic mass is 35.5. The van der Waals surface area contributed by atoms with Crippen LogP contribution in [0.5, 0.6) is 5.88 Å². The number of imidazole rings is 1. The van der Waals surface area contributed by atoms with Crippen molar-refractivity contribution in [2.75, 3.05) is 45.8 Å². The molecule has 2 N–H and O–H groups in total. The molecule has 0 spiro atoms. The summed E-state index contributed by atoms with van der Waals surface area (Å²) in [6.45, 7) is 2.41. The third kappa shape index (κ3) is 5.92. The zero-order chi connectivity index (χ0) is 31.0. The minimum Gasteiger partial charge on any atom is -0.481 e. The molecule has 0 saturated carbocycles. The second kappa shape index (κ2) is 12.5. The van der Waals surface area contributed by atoms with Gasteiger partial charge in [0.25, 0.3) is 5.91 Å². The molecular weight excluding hydrogens is 606 g/mol. The number of likely N-dealkylation sites (N-methyl/N-ethyl adjacent to an activating group) is 1. The molecule has 9 nitrogen and oxygen atoms in total. The number of aromatic nitrogens is 3. The first-order valence-corrected chi connectivity index (χ1v) is 15.1. The summed E-state index contributed by atoms with van der Waals surface area (Å²) in [5.74, 6) is 0.420. The van der Waals surface area contributed by atoms with Crippen LogP contribution in [0.2, 0.25) is 10.0 Å². The van der Waals surface area contributed by atoms with E-state index in [9.17, 15) is 9.18 Å². The van der Waals surface area contributed by atoms with Crippen LogP contribution in [0.4, 0.5) is 10.1 Å². The molecule has 1 fully saturated rings. The molecule has 0 bridgehead atoms. The molecule has 2 aromatic carbocycles. The first kappa shape index (κ1) is 30.5. The number of ether oxygens (including phenoxy) is 2. The van der Waals surface area contributed by atoms with E-state index in [0.29, 0.717) is 62.9 Å². The number of fused-ring (bicyclic) bond motifs is 1. The smallest absolute Gasteiger partial charge is 0.291 e. The summed E-state index contributed by atoms with van der Waals surface area (Å²) < 4.78 is 26.7. The lowest BCUT2D eigenvalue weighted by Crippen LogP contribution is -2.52. The van der Waals surface area contributed by atoms with Crippen LogP contribution in [0.3, 0.4) is 0 Å². The van der Waals surface area contributed by atoms with Gasteiger partial charge in [-0.15, -0.1) is 0 Å². The van der Waals surface area contributed by atoms with E-state index in [0.717, 1.165) is 29.9 Å². The lowest BCUT2D eigenvalue weighted by Gasteiger charge is -2.33. The van der Waals surface area contributed by atoms with Crippen LogP contribution < -0.4 is 15.4 Å². The number of nitrogens with one attached hydrogen (secondary N) is 2. The summed E-state index contributed by atoms with van der Waals surface area (Å²) >= 11 is 13.9. The maximum Gasteiger partial charge on any atom is 0.291 e. The third-order valence-electron chi connectivity index (χ3n) is 8.07. The van der Waals surface area contributed by atoms with Crippen molar-refractivity contribution in [1.82, 2.24) is 24.8 Å². The minimum absolute atomic E-state index is 0.103. The Morgan fingerprint density at radius 1 is 1.05 bits per heavy atom. The average Bonchev–Trinajstić information content (AvgIpc) is 3.33. The highest BCUT2D eigenvalue weighted by Gasteiger charge is 2.38. The predicted octanol–water partition coefficient (Wildman–Crippen LogP) is 5.53. The Hall–Kier alpha value is -3.54. The van der Waals surface area contributed by atoms with Gasteiger partial charge in [0, 0.05) is 67.6 Å². The van der Waals surface area contributed by atoms with E-state index in [-0.39, 0.29) is 25.7 Å². The Morgan fingerprint density at radius 2 is 1.77 bits per heavy atom. The van der Waals surface area contributed by atoms with Gasteiger partial charge in [-0.2, -0.15) is 0 Å². The summed E-state index contributed by atoms with van der Waals surface area (Å²) in [7, 11) is 5.45. The summed E-state index contributed by atoms with van der Waals surface area (Å²) in [5, 5.41) is 6.86. The van der Waals surface area contributed by atoms with Crippen molar-refractivity contribution in [3.63, 3.8) is 0 Å². The molecule has 4 heterocycles. The number of benzene rings is 2.